The van der Waals surface area contributed by atoms with Crippen LogP contribution in [0.15, 0.2) is 29.6 Å². The minimum Gasteiger partial charge on any atom is -0.481 e. The number of aliphatic carboxylic acids is 1. The fourth-order valence-corrected chi connectivity index (χ4v) is 3.66. The summed E-state index contributed by atoms with van der Waals surface area (Å²) < 4.78 is 0. The Morgan fingerprint density at radius 3 is 2.80 bits per heavy atom. The van der Waals surface area contributed by atoms with E-state index >= 15 is 0 Å². The second-order valence-corrected chi connectivity index (χ2v) is 6.84. The van der Waals surface area contributed by atoms with Crippen LogP contribution in [0.2, 0.25) is 0 Å². The molecular formula is C16H15N3O5S. The summed E-state index contributed by atoms with van der Waals surface area (Å²) in [5.41, 5.74) is 0.749. The zero-order valence-corrected chi connectivity index (χ0v) is 14.1. The molecule has 1 aliphatic rings. The van der Waals surface area contributed by atoms with Gasteiger partial charge in [-0.15, -0.1) is 11.3 Å². The highest BCUT2D eigenvalue weighted by atomic mass is 32.1. The number of non-ortho nitro benzene ring substituents is 1. The third-order valence-corrected chi connectivity index (χ3v) is 5.14. The van der Waals surface area contributed by atoms with E-state index in [2.05, 4.69) is 4.98 Å². The van der Waals surface area contributed by atoms with Crippen molar-refractivity contribution in [2.45, 2.75) is 6.92 Å². The minimum absolute atomic E-state index is 0.0433. The summed E-state index contributed by atoms with van der Waals surface area (Å²) in [6.07, 6.45) is 0. The predicted octanol–water partition coefficient (Wildman–Crippen LogP) is 2.51. The molecule has 25 heavy (non-hydrogen) atoms. The van der Waals surface area contributed by atoms with Crippen molar-refractivity contribution in [3.8, 4) is 10.6 Å². The average Bonchev–Trinajstić information content (AvgIpc) is 3.21. The number of carboxylic acid groups (broad SMARTS) is 1. The van der Waals surface area contributed by atoms with Crippen LogP contribution in [-0.4, -0.2) is 44.9 Å². The minimum atomic E-state index is -0.904. The zero-order chi connectivity index (χ0) is 18.1. The van der Waals surface area contributed by atoms with Gasteiger partial charge in [-0.1, -0.05) is 19.1 Å². The summed E-state index contributed by atoms with van der Waals surface area (Å²) in [5.74, 6) is -1.91. The number of nitro benzene ring substituents is 1. The molecule has 0 aliphatic carbocycles. The monoisotopic (exact) mass is 361 g/mol. The summed E-state index contributed by atoms with van der Waals surface area (Å²) in [6, 6.07) is 6.06. The summed E-state index contributed by atoms with van der Waals surface area (Å²) in [5, 5.41) is 22.1. The fourth-order valence-electron chi connectivity index (χ4n) is 2.87. The molecular weight excluding hydrogens is 346 g/mol. The van der Waals surface area contributed by atoms with E-state index in [1.165, 1.54) is 28.4 Å². The van der Waals surface area contributed by atoms with E-state index < -0.39 is 16.8 Å². The van der Waals surface area contributed by atoms with Gasteiger partial charge in [0, 0.05) is 36.2 Å². The molecule has 2 aromatic rings. The molecule has 0 saturated carbocycles. The number of benzene rings is 1. The van der Waals surface area contributed by atoms with Crippen LogP contribution in [0.4, 0.5) is 5.69 Å². The molecule has 1 fully saturated rings. The number of hydrogen-bond donors (Lipinski definition) is 1. The molecule has 3 rings (SSSR count). The predicted molar refractivity (Wildman–Crippen MR) is 90.4 cm³/mol. The molecule has 0 spiro atoms. The van der Waals surface area contributed by atoms with E-state index in [1.807, 2.05) is 6.92 Å². The summed E-state index contributed by atoms with van der Waals surface area (Å²) in [4.78, 5) is 39.9. The molecule has 2 atom stereocenters. The maximum absolute atomic E-state index is 12.5. The Hall–Kier alpha value is -2.81. The van der Waals surface area contributed by atoms with Crippen LogP contribution in [0.25, 0.3) is 10.6 Å². The first kappa shape index (κ1) is 17.0. The number of carbonyl (C=O) groups is 2. The first-order chi connectivity index (χ1) is 11.9. The smallest absolute Gasteiger partial charge is 0.308 e. The topological polar surface area (TPSA) is 114 Å². The third kappa shape index (κ3) is 3.36. The highest BCUT2D eigenvalue weighted by Crippen LogP contribution is 2.29. The lowest BCUT2D eigenvalue weighted by Crippen LogP contribution is -2.30. The number of thiazole rings is 1. The van der Waals surface area contributed by atoms with Crippen LogP contribution in [0.5, 0.6) is 0 Å². The zero-order valence-electron chi connectivity index (χ0n) is 13.3. The number of rotatable bonds is 4. The van der Waals surface area contributed by atoms with E-state index in [9.17, 15) is 24.8 Å². The van der Waals surface area contributed by atoms with Crippen molar-refractivity contribution in [1.29, 1.82) is 0 Å². The Bertz CT molecular complexity index is 850. The third-order valence-electron chi connectivity index (χ3n) is 4.24. The van der Waals surface area contributed by atoms with Crippen molar-refractivity contribution < 1.29 is 19.6 Å². The molecule has 1 aliphatic heterocycles. The number of hydrogen-bond acceptors (Lipinski definition) is 6. The van der Waals surface area contributed by atoms with Gasteiger partial charge in [0.05, 0.1) is 10.8 Å². The number of amides is 1. The molecule has 1 N–H and O–H groups in total. The second kappa shape index (κ2) is 6.60. The summed E-state index contributed by atoms with van der Waals surface area (Å²) >= 11 is 1.22. The molecule has 130 valence electrons. The van der Waals surface area contributed by atoms with Crippen molar-refractivity contribution in [2.75, 3.05) is 13.1 Å². The van der Waals surface area contributed by atoms with Gasteiger partial charge < -0.3 is 10.0 Å². The van der Waals surface area contributed by atoms with Gasteiger partial charge >= 0.3 is 5.97 Å². The Kier molecular flexibility index (Phi) is 4.49. The van der Waals surface area contributed by atoms with Crippen LogP contribution >= 0.6 is 11.3 Å². The van der Waals surface area contributed by atoms with E-state index in [0.717, 1.165) is 0 Å². The second-order valence-electron chi connectivity index (χ2n) is 5.98. The van der Waals surface area contributed by atoms with Gasteiger partial charge in [0.25, 0.3) is 11.6 Å². The van der Waals surface area contributed by atoms with E-state index in [0.29, 0.717) is 17.1 Å². The molecule has 0 radical (unpaired) electrons. The van der Waals surface area contributed by atoms with Crippen LogP contribution in [0.3, 0.4) is 0 Å². The van der Waals surface area contributed by atoms with E-state index in [1.54, 1.807) is 17.5 Å². The number of nitrogens with zero attached hydrogens (tertiary/aromatic N) is 3. The van der Waals surface area contributed by atoms with Gasteiger partial charge in [0.15, 0.2) is 0 Å². The Balaban J connectivity index is 1.80. The fraction of sp³-hybridized carbons (Fsp3) is 0.312. The van der Waals surface area contributed by atoms with Crippen LogP contribution in [-0.2, 0) is 4.79 Å². The Morgan fingerprint density at radius 1 is 1.40 bits per heavy atom. The maximum atomic E-state index is 12.5. The highest BCUT2D eigenvalue weighted by Gasteiger charge is 2.37. The summed E-state index contributed by atoms with van der Waals surface area (Å²) in [7, 11) is 0. The van der Waals surface area contributed by atoms with Gasteiger partial charge in [-0.2, -0.15) is 0 Å². The van der Waals surface area contributed by atoms with Crippen molar-refractivity contribution in [2.24, 2.45) is 11.8 Å². The van der Waals surface area contributed by atoms with Crippen LogP contribution in [0, 0.1) is 22.0 Å². The normalized spacial score (nSPS) is 19.8. The molecule has 9 heteroatoms. The SMILES string of the molecule is C[C@@H]1CN(C(=O)c2csc(-c3cccc([N+](=O)[O-])c3)n2)C[C@H]1C(=O)O. The first-order valence-corrected chi connectivity index (χ1v) is 8.47. The highest BCUT2D eigenvalue weighted by molar-refractivity contribution is 7.13. The molecule has 0 unspecified atom stereocenters. The summed E-state index contributed by atoms with van der Waals surface area (Å²) in [6.45, 7) is 2.35. The Labute approximate surface area is 146 Å². The lowest BCUT2D eigenvalue weighted by atomic mass is 9.99. The molecule has 1 aromatic carbocycles. The average molecular weight is 361 g/mol. The maximum Gasteiger partial charge on any atom is 0.308 e. The van der Waals surface area contributed by atoms with Gasteiger partial charge in [-0.05, 0) is 5.92 Å². The quantitative estimate of drug-likeness (QED) is 0.661. The number of carbonyl (C=O) groups excluding carboxylic acids is 1. The van der Waals surface area contributed by atoms with Crippen molar-refractivity contribution in [3.05, 3.63) is 45.5 Å². The van der Waals surface area contributed by atoms with Gasteiger partial charge in [-0.3, -0.25) is 19.7 Å². The van der Waals surface area contributed by atoms with Crippen LogP contribution in [0.1, 0.15) is 17.4 Å². The molecule has 0 bridgehead atoms. The lowest BCUT2D eigenvalue weighted by molar-refractivity contribution is -0.384. The standard InChI is InChI=1S/C16H15N3O5S/c1-9-6-18(7-12(9)16(21)22)15(20)13-8-25-14(17-13)10-3-2-4-11(5-10)19(23)24/h2-5,8-9,12H,6-7H2,1H3,(H,21,22)/t9-,12-/m1/s1. The number of carboxylic acids is 1. The van der Waals surface area contributed by atoms with E-state index in [-0.39, 0.29) is 29.8 Å². The van der Waals surface area contributed by atoms with Gasteiger partial charge in [0.2, 0.25) is 0 Å². The number of aromatic nitrogens is 1. The first-order valence-electron chi connectivity index (χ1n) is 7.59. The largest absolute Gasteiger partial charge is 0.481 e. The molecule has 8 nitrogen and oxygen atoms in total. The number of nitro groups is 1. The van der Waals surface area contributed by atoms with Gasteiger partial charge in [0.1, 0.15) is 10.7 Å². The molecule has 1 amide bonds. The van der Waals surface area contributed by atoms with Crippen molar-refractivity contribution in [3.63, 3.8) is 0 Å². The number of likely N-dealkylation sites (tertiary alicyclic amines) is 1. The Morgan fingerprint density at radius 2 is 2.16 bits per heavy atom. The van der Waals surface area contributed by atoms with E-state index in [4.69, 9.17) is 0 Å². The molecule has 2 heterocycles. The van der Waals surface area contributed by atoms with Crippen LogP contribution < -0.4 is 0 Å². The molecule has 1 aromatic heterocycles. The van der Waals surface area contributed by atoms with Crippen molar-refractivity contribution in [1.82, 2.24) is 9.88 Å². The van der Waals surface area contributed by atoms with Gasteiger partial charge in [-0.25, -0.2) is 4.98 Å². The lowest BCUT2D eigenvalue weighted by Gasteiger charge is -2.13. The van der Waals surface area contributed by atoms with Crippen molar-refractivity contribution >= 4 is 28.9 Å². The molecule has 1 saturated heterocycles.